The molecule has 7 heteroatoms. The summed E-state index contributed by atoms with van der Waals surface area (Å²) in [6, 6.07) is 11.2. The third-order valence-corrected chi connectivity index (χ3v) is 5.37. The second kappa shape index (κ2) is 9.01. The summed E-state index contributed by atoms with van der Waals surface area (Å²) < 4.78 is 9.09. The maximum Gasteiger partial charge on any atom is 0.282 e. The predicted octanol–water partition coefficient (Wildman–Crippen LogP) is 5.54. The van der Waals surface area contributed by atoms with Crippen molar-refractivity contribution in [1.29, 1.82) is 0 Å². The standard InChI is InChI=1S/C21H21Br2N3O2/c1-4-13(3)28-19-9-7-15(22)10-14(19)12-24-26-20(5-2)25-18-8-6-16(23)11-17(18)21(26)27/h6-13H,4-5H2,1-3H3/t13-/m1/s1. The van der Waals surface area contributed by atoms with Crippen molar-refractivity contribution in [3.8, 4) is 5.75 Å². The van der Waals surface area contributed by atoms with E-state index in [2.05, 4.69) is 48.9 Å². The second-order valence-electron chi connectivity index (χ2n) is 6.42. The number of rotatable bonds is 6. The van der Waals surface area contributed by atoms with Crippen LogP contribution in [0.25, 0.3) is 10.9 Å². The van der Waals surface area contributed by atoms with E-state index in [1.165, 1.54) is 4.68 Å². The Kier molecular flexibility index (Phi) is 6.67. The lowest BCUT2D eigenvalue weighted by atomic mass is 10.2. The smallest absolute Gasteiger partial charge is 0.282 e. The first-order valence-corrected chi connectivity index (χ1v) is 10.7. The van der Waals surface area contributed by atoms with Gasteiger partial charge in [-0.2, -0.15) is 9.78 Å². The molecule has 0 aliphatic heterocycles. The Morgan fingerprint density at radius 2 is 1.89 bits per heavy atom. The Labute approximate surface area is 180 Å². The van der Waals surface area contributed by atoms with Crippen molar-refractivity contribution in [2.75, 3.05) is 0 Å². The molecule has 1 atom stereocenters. The van der Waals surface area contributed by atoms with Gasteiger partial charge in [-0.1, -0.05) is 45.7 Å². The quantitative estimate of drug-likeness (QED) is 0.412. The molecule has 0 bridgehead atoms. The Hall–Kier alpha value is -1.99. The molecule has 0 amide bonds. The molecule has 3 aromatic rings. The SMILES string of the molecule is CCc1nc2ccc(Br)cc2c(=O)n1N=Cc1cc(Br)ccc1O[C@H](C)CC. The number of hydrogen-bond acceptors (Lipinski definition) is 4. The van der Waals surface area contributed by atoms with Gasteiger partial charge in [0.1, 0.15) is 11.6 Å². The predicted molar refractivity (Wildman–Crippen MR) is 121 cm³/mol. The lowest BCUT2D eigenvalue weighted by Crippen LogP contribution is -2.22. The van der Waals surface area contributed by atoms with Crippen molar-refractivity contribution in [3.63, 3.8) is 0 Å². The maximum absolute atomic E-state index is 13.0. The molecule has 0 saturated heterocycles. The van der Waals surface area contributed by atoms with Crippen molar-refractivity contribution >= 4 is 49.0 Å². The van der Waals surface area contributed by atoms with Gasteiger partial charge in [0.2, 0.25) is 0 Å². The van der Waals surface area contributed by atoms with Gasteiger partial charge in [-0.3, -0.25) is 4.79 Å². The molecular weight excluding hydrogens is 486 g/mol. The van der Waals surface area contributed by atoms with E-state index in [4.69, 9.17) is 4.74 Å². The fourth-order valence-electron chi connectivity index (χ4n) is 2.69. The minimum absolute atomic E-state index is 0.0851. The van der Waals surface area contributed by atoms with Crippen LogP contribution in [0.4, 0.5) is 0 Å². The highest BCUT2D eigenvalue weighted by Gasteiger charge is 2.11. The van der Waals surface area contributed by atoms with Crippen LogP contribution >= 0.6 is 31.9 Å². The summed E-state index contributed by atoms with van der Waals surface area (Å²) in [6.45, 7) is 6.05. The van der Waals surface area contributed by atoms with Gasteiger partial charge in [-0.15, -0.1) is 0 Å². The highest BCUT2D eigenvalue weighted by Crippen LogP contribution is 2.23. The third-order valence-electron chi connectivity index (χ3n) is 4.38. The zero-order chi connectivity index (χ0) is 20.3. The first-order valence-electron chi connectivity index (χ1n) is 9.14. The Morgan fingerprint density at radius 3 is 2.61 bits per heavy atom. The largest absolute Gasteiger partial charge is 0.490 e. The van der Waals surface area contributed by atoms with Crippen LogP contribution in [0.5, 0.6) is 5.75 Å². The van der Waals surface area contributed by atoms with Crippen LogP contribution in [0.2, 0.25) is 0 Å². The molecule has 28 heavy (non-hydrogen) atoms. The van der Waals surface area contributed by atoms with Gasteiger partial charge >= 0.3 is 0 Å². The highest BCUT2D eigenvalue weighted by molar-refractivity contribution is 9.10. The van der Waals surface area contributed by atoms with Crippen LogP contribution in [0, 0.1) is 0 Å². The maximum atomic E-state index is 13.0. The Bertz CT molecular complexity index is 1090. The van der Waals surface area contributed by atoms with Crippen LogP contribution in [0.15, 0.2) is 55.2 Å². The summed E-state index contributed by atoms with van der Waals surface area (Å²) in [4.78, 5) is 17.6. The number of hydrogen-bond donors (Lipinski definition) is 0. The average molecular weight is 507 g/mol. The number of ether oxygens (including phenoxy) is 1. The topological polar surface area (TPSA) is 56.5 Å². The monoisotopic (exact) mass is 505 g/mol. The van der Waals surface area contributed by atoms with Gasteiger partial charge in [-0.05, 0) is 49.7 Å². The Balaban J connectivity index is 2.10. The van der Waals surface area contributed by atoms with E-state index in [-0.39, 0.29) is 11.7 Å². The summed E-state index contributed by atoms with van der Waals surface area (Å²) in [5.74, 6) is 1.33. The molecule has 0 unspecified atom stereocenters. The minimum atomic E-state index is -0.196. The van der Waals surface area contributed by atoms with Gasteiger partial charge in [-0.25, -0.2) is 4.98 Å². The number of nitrogens with zero attached hydrogens (tertiary/aromatic N) is 3. The summed E-state index contributed by atoms with van der Waals surface area (Å²) >= 11 is 6.90. The molecule has 0 saturated carbocycles. The van der Waals surface area contributed by atoms with Gasteiger partial charge < -0.3 is 4.74 Å². The van der Waals surface area contributed by atoms with Gasteiger partial charge in [0.25, 0.3) is 5.56 Å². The van der Waals surface area contributed by atoms with E-state index >= 15 is 0 Å². The van der Waals surface area contributed by atoms with E-state index < -0.39 is 0 Å². The molecule has 1 heterocycles. The van der Waals surface area contributed by atoms with Crippen LogP contribution < -0.4 is 10.3 Å². The molecule has 1 aromatic heterocycles. The zero-order valence-electron chi connectivity index (χ0n) is 15.9. The first-order chi connectivity index (χ1) is 13.4. The van der Waals surface area contributed by atoms with E-state index in [9.17, 15) is 4.79 Å². The lowest BCUT2D eigenvalue weighted by molar-refractivity contribution is 0.217. The summed E-state index contributed by atoms with van der Waals surface area (Å²) in [5.41, 5.74) is 1.26. The molecule has 0 radical (unpaired) electrons. The molecule has 0 aliphatic carbocycles. The average Bonchev–Trinajstić information content (AvgIpc) is 2.69. The number of aromatic nitrogens is 2. The van der Waals surface area contributed by atoms with Crippen LogP contribution in [-0.4, -0.2) is 22.0 Å². The molecule has 0 N–H and O–H groups in total. The molecule has 0 aliphatic rings. The zero-order valence-corrected chi connectivity index (χ0v) is 19.1. The molecule has 2 aromatic carbocycles. The second-order valence-corrected chi connectivity index (χ2v) is 8.25. The van der Waals surface area contributed by atoms with E-state index in [0.29, 0.717) is 23.1 Å². The van der Waals surface area contributed by atoms with Crippen molar-refractivity contribution < 1.29 is 4.74 Å². The van der Waals surface area contributed by atoms with Crippen molar-refractivity contribution in [2.24, 2.45) is 5.10 Å². The minimum Gasteiger partial charge on any atom is -0.490 e. The normalized spacial score (nSPS) is 12.6. The molecule has 0 spiro atoms. The number of halogens is 2. The lowest BCUT2D eigenvalue weighted by Gasteiger charge is -2.15. The van der Waals surface area contributed by atoms with Crippen molar-refractivity contribution in [2.45, 2.75) is 39.7 Å². The van der Waals surface area contributed by atoms with Crippen LogP contribution in [-0.2, 0) is 6.42 Å². The molecule has 146 valence electrons. The number of aryl methyl sites for hydroxylation is 1. The van der Waals surface area contributed by atoms with Crippen molar-refractivity contribution in [3.05, 3.63) is 67.1 Å². The van der Waals surface area contributed by atoms with Crippen LogP contribution in [0.1, 0.15) is 38.6 Å². The van der Waals surface area contributed by atoms with E-state index in [0.717, 1.165) is 26.7 Å². The van der Waals surface area contributed by atoms with Gasteiger partial charge in [0.05, 0.1) is 23.2 Å². The summed E-state index contributed by atoms with van der Waals surface area (Å²) in [7, 11) is 0. The van der Waals surface area contributed by atoms with E-state index in [1.54, 1.807) is 12.3 Å². The first kappa shape index (κ1) is 20.7. The highest BCUT2D eigenvalue weighted by atomic mass is 79.9. The number of benzene rings is 2. The summed E-state index contributed by atoms with van der Waals surface area (Å²) in [5, 5.41) is 4.98. The Morgan fingerprint density at radius 1 is 1.18 bits per heavy atom. The van der Waals surface area contributed by atoms with Crippen molar-refractivity contribution in [1.82, 2.24) is 9.66 Å². The fourth-order valence-corrected chi connectivity index (χ4v) is 3.43. The molecule has 3 rings (SSSR count). The van der Waals surface area contributed by atoms with E-state index in [1.807, 2.05) is 44.2 Å². The third kappa shape index (κ3) is 4.52. The molecule has 0 fully saturated rings. The summed E-state index contributed by atoms with van der Waals surface area (Å²) in [6.07, 6.45) is 3.22. The fraction of sp³-hybridized carbons (Fsp3) is 0.286. The number of fused-ring (bicyclic) bond motifs is 1. The molecular formula is C21H21Br2N3O2. The molecule has 5 nitrogen and oxygen atoms in total. The van der Waals surface area contributed by atoms with Gasteiger partial charge in [0.15, 0.2) is 0 Å². The van der Waals surface area contributed by atoms with Crippen LogP contribution in [0.3, 0.4) is 0 Å². The van der Waals surface area contributed by atoms with Gasteiger partial charge in [0, 0.05) is 20.9 Å².